The maximum absolute atomic E-state index is 4.13. The smallest absolute Gasteiger partial charge is 0.127 e. The minimum absolute atomic E-state index is 0.693. The summed E-state index contributed by atoms with van der Waals surface area (Å²) < 4.78 is 0. The highest BCUT2D eigenvalue weighted by Gasteiger charge is 1.95. The largest absolute Gasteiger partial charge is 0.357 e. The second kappa shape index (κ2) is 3.22. The Morgan fingerprint density at radius 1 is 1.78 bits per heavy atom. The van der Waals surface area contributed by atoms with Crippen molar-refractivity contribution in [1.29, 1.82) is 0 Å². The fraction of sp³-hybridized carbons (Fsp3) is 0.667. The summed E-state index contributed by atoms with van der Waals surface area (Å²) in [6.45, 7) is 2.82. The molecular formula is C6H11N3. The highest BCUT2D eigenvalue weighted by atomic mass is 15.1. The van der Waals surface area contributed by atoms with Crippen molar-refractivity contribution in [3.8, 4) is 0 Å². The SMILES string of the molecule is CCCC1=NCNC=N1. The molecule has 0 saturated heterocycles. The Kier molecular flexibility index (Phi) is 2.24. The Hall–Kier alpha value is -0.860. The molecule has 1 aliphatic heterocycles. The van der Waals surface area contributed by atoms with Gasteiger partial charge < -0.3 is 5.32 Å². The zero-order chi connectivity index (χ0) is 6.53. The number of nitrogens with zero attached hydrogens (tertiary/aromatic N) is 2. The summed E-state index contributed by atoms with van der Waals surface area (Å²) in [7, 11) is 0. The summed E-state index contributed by atoms with van der Waals surface area (Å²) in [6, 6.07) is 0. The highest BCUT2D eigenvalue weighted by molar-refractivity contribution is 5.90. The van der Waals surface area contributed by atoms with E-state index < -0.39 is 0 Å². The predicted octanol–water partition coefficient (Wildman–Crippen LogP) is 0.774. The van der Waals surface area contributed by atoms with Crippen LogP contribution >= 0.6 is 0 Å². The lowest BCUT2D eigenvalue weighted by molar-refractivity contribution is 0.890. The Morgan fingerprint density at radius 2 is 2.67 bits per heavy atom. The van der Waals surface area contributed by atoms with Gasteiger partial charge in [-0.15, -0.1) is 0 Å². The number of hydrogen-bond acceptors (Lipinski definition) is 3. The number of aliphatic imine (C=N–C) groups is 2. The molecule has 1 aliphatic rings. The number of rotatable bonds is 2. The van der Waals surface area contributed by atoms with E-state index in [0.717, 1.165) is 18.7 Å². The number of hydrogen-bond donors (Lipinski definition) is 1. The van der Waals surface area contributed by atoms with E-state index in [-0.39, 0.29) is 0 Å². The molecule has 0 aromatic heterocycles. The Labute approximate surface area is 54.9 Å². The molecule has 50 valence electrons. The third kappa shape index (κ3) is 1.83. The fourth-order valence-corrected chi connectivity index (χ4v) is 0.706. The molecule has 1 N–H and O–H groups in total. The third-order valence-electron chi connectivity index (χ3n) is 1.13. The van der Waals surface area contributed by atoms with Gasteiger partial charge in [0.2, 0.25) is 0 Å². The first-order valence-corrected chi connectivity index (χ1v) is 3.22. The molecule has 0 amide bonds. The molecule has 0 fully saturated rings. The summed E-state index contributed by atoms with van der Waals surface area (Å²) in [5.41, 5.74) is 0. The van der Waals surface area contributed by atoms with E-state index >= 15 is 0 Å². The molecule has 0 radical (unpaired) electrons. The molecule has 0 unspecified atom stereocenters. The molecule has 0 spiro atoms. The van der Waals surface area contributed by atoms with Crippen LogP contribution in [0.3, 0.4) is 0 Å². The van der Waals surface area contributed by atoms with E-state index in [1.165, 1.54) is 0 Å². The van der Waals surface area contributed by atoms with Gasteiger partial charge in [0.1, 0.15) is 12.5 Å². The minimum atomic E-state index is 0.693. The first kappa shape index (κ1) is 6.26. The standard InChI is InChI=1S/C6H11N3/c1-2-3-6-8-4-7-5-9-6/h4H,2-3,5H2,1H3,(H,7,8,9). The zero-order valence-electron chi connectivity index (χ0n) is 5.59. The van der Waals surface area contributed by atoms with E-state index in [0.29, 0.717) is 6.67 Å². The van der Waals surface area contributed by atoms with Crippen molar-refractivity contribution < 1.29 is 0 Å². The first-order chi connectivity index (χ1) is 4.43. The Balaban J connectivity index is 2.38. The van der Waals surface area contributed by atoms with Gasteiger partial charge in [0, 0.05) is 6.42 Å². The number of amidine groups is 1. The van der Waals surface area contributed by atoms with Crippen molar-refractivity contribution in [3.63, 3.8) is 0 Å². The van der Waals surface area contributed by atoms with E-state index in [9.17, 15) is 0 Å². The first-order valence-electron chi connectivity index (χ1n) is 3.22. The van der Waals surface area contributed by atoms with Crippen molar-refractivity contribution in [2.75, 3.05) is 6.67 Å². The lowest BCUT2D eigenvalue weighted by atomic mass is 10.3. The van der Waals surface area contributed by atoms with E-state index in [1.807, 2.05) is 0 Å². The highest BCUT2D eigenvalue weighted by Crippen LogP contribution is 1.94. The minimum Gasteiger partial charge on any atom is -0.357 e. The average molecular weight is 125 g/mol. The van der Waals surface area contributed by atoms with Crippen LogP contribution in [0.2, 0.25) is 0 Å². The van der Waals surface area contributed by atoms with Gasteiger partial charge in [0.15, 0.2) is 0 Å². The van der Waals surface area contributed by atoms with Crippen molar-refractivity contribution in [3.05, 3.63) is 0 Å². The van der Waals surface area contributed by atoms with Crippen molar-refractivity contribution in [2.45, 2.75) is 19.8 Å². The van der Waals surface area contributed by atoms with Crippen LogP contribution in [-0.2, 0) is 0 Å². The van der Waals surface area contributed by atoms with Crippen LogP contribution in [0.15, 0.2) is 9.98 Å². The Morgan fingerprint density at radius 3 is 3.22 bits per heavy atom. The van der Waals surface area contributed by atoms with Gasteiger partial charge in [0.05, 0.1) is 6.34 Å². The molecule has 0 aromatic rings. The van der Waals surface area contributed by atoms with Crippen LogP contribution < -0.4 is 5.32 Å². The van der Waals surface area contributed by atoms with Crippen molar-refractivity contribution in [2.24, 2.45) is 9.98 Å². The summed E-state index contributed by atoms with van der Waals surface area (Å²) in [4.78, 5) is 8.16. The molecule has 9 heavy (non-hydrogen) atoms. The van der Waals surface area contributed by atoms with Gasteiger partial charge in [-0.25, -0.2) is 9.98 Å². The van der Waals surface area contributed by atoms with Gasteiger partial charge in [0.25, 0.3) is 0 Å². The molecular weight excluding hydrogens is 114 g/mol. The van der Waals surface area contributed by atoms with E-state index in [2.05, 4.69) is 22.2 Å². The van der Waals surface area contributed by atoms with Gasteiger partial charge in [-0.3, -0.25) is 0 Å². The quantitative estimate of drug-likeness (QED) is 0.581. The van der Waals surface area contributed by atoms with Crippen LogP contribution in [-0.4, -0.2) is 18.8 Å². The number of nitrogens with one attached hydrogen (secondary N) is 1. The molecule has 0 atom stereocenters. The van der Waals surface area contributed by atoms with Gasteiger partial charge in [-0.1, -0.05) is 6.92 Å². The molecule has 3 heteroatoms. The van der Waals surface area contributed by atoms with Crippen molar-refractivity contribution >= 4 is 12.2 Å². The average Bonchev–Trinajstić information content (AvgIpc) is 1.91. The molecule has 1 heterocycles. The van der Waals surface area contributed by atoms with Crippen molar-refractivity contribution in [1.82, 2.24) is 5.32 Å². The van der Waals surface area contributed by atoms with Gasteiger partial charge in [-0.2, -0.15) is 0 Å². The van der Waals surface area contributed by atoms with E-state index in [4.69, 9.17) is 0 Å². The predicted molar refractivity (Wildman–Crippen MR) is 38.8 cm³/mol. The lowest BCUT2D eigenvalue weighted by Gasteiger charge is -2.03. The lowest BCUT2D eigenvalue weighted by Crippen LogP contribution is -2.18. The van der Waals surface area contributed by atoms with Crippen LogP contribution in [0.5, 0.6) is 0 Å². The summed E-state index contributed by atoms with van der Waals surface area (Å²) >= 11 is 0. The maximum Gasteiger partial charge on any atom is 0.127 e. The monoisotopic (exact) mass is 125 g/mol. The van der Waals surface area contributed by atoms with Crippen LogP contribution in [0.1, 0.15) is 19.8 Å². The molecule has 3 nitrogen and oxygen atoms in total. The normalized spacial score (nSPS) is 16.8. The van der Waals surface area contributed by atoms with Gasteiger partial charge in [-0.05, 0) is 6.42 Å². The molecule has 1 rings (SSSR count). The summed E-state index contributed by atoms with van der Waals surface area (Å²) in [6.07, 6.45) is 3.83. The topological polar surface area (TPSA) is 36.8 Å². The van der Waals surface area contributed by atoms with Crippen LogP contribution in [0, 0.1) is 0 Å². The Bertz CT molecular complexity index is 137. The molecule has 0 saturated carbocycles. The zero-order valence-corrected chi connectivity index (χ0v) is 5.59. The molecule has 0 aliphatic carbocycles. The maximum atomic E-state index is 4.13. The fourth-order valence-electron chi connectivity index (χ4n) is 0.706. The molecule has 0 bridgehead atoms. The van der Waals surface area contributed by atoms with Crippen LogP contribution in [0.4, 0.5) is 0 Å². The second-order valence-corrected chi connectivity index (χ2v) is 1.94. The second-order valence-electron chi connectivity index (χ2n) is 1.94. The summed E-state index contributed by atoms with van der Waals surface area (Å²) in [5.74, 6) is 0.969. The van der Waals surface area contributed by atoms with E-state index in [1.54, 1.807) is 6.34 Å². The summed E-state index contributed by atoms with van der Waals surface area (Å²) in [5, 5.41) is 2.89. The third-order valence-corrected chi connectivity index (χ3v) is 1.13. The molecule has 0 aromatic carbocycles. The van der Waals surface area contributed by atoms with Gasteiger partial charge >= 0.3 is 0 Å². The van der Waals surface area contributed by atoms with Crippen LogP contribution in [0.25, 0.3) is 0 Å².